The predicted molar refractivity (Wildman–Crippen MR) is 79.4 cm³/mol. The molecule has 1 aromatic rings. The molecule has 1 saturated carbocycles. The summed E-state index contributed by atoms with van der Waals surface area (Å²) in [6.07, 6.45) is 0. The number of hydrogen-bond donors (Lipinski definition) is 1. The van der Waals surface area contributed by atoms with Crippen LogP contribution in [0, 0.1) is 10.8 Å². The lowest BCUT2D eigenvalue weighted by atomic mass is 10.0. The van der Waals surface area contributed by atoms with Crippen molar-refractivity contribution in [2.24, 2.45) is 10.8 Å². The molecule has 0 heterocycles. The Bertz CT molecular complexity index is 452. The first-order valence-corrected chi connectivity index (χ1v) is 7.15. The molecule has 1 aliphatic carbocycles. The largest absolute Gasteiger partial charge is 0.306 e. The molecule has 1 aliphatic rings. The van der Waals surface area contributed by atoms with Crippen LogP contribution in [0.4, 0.5) is 0 Å². The van der Waals surface area contributed by atoms with Crippen LogP contribution in [0.25, 0.3) is 0 Å². The molecule has 1 aromatic carbocycles. The molecule has 1 fully saturated rings. The molecule has 0 radical (unpaired) electrons. The fraction of sp³-hybridized carbons (Fsp3) is 0.600. The van der Waals surface area contributed by atoms with Crippen molar-refractivity contribution in [1.29, 1.82) is 0 Å². The molecule has 0 bridgehead atoms. The number of nitrogens with one attached hydrogen (secondary N) is 1. The first-order chi connectivity index (χ1) is 8.19. The number of halogens is 2. The van der Waals surface area contributed by atoms with Gasteiger partial charge in [0.2, 0.25) is 0 Å². The molecule has 100 valence electrons. The van der Waals surface area contributed by atoms with E-state index in [-0.39, 0.29) is 6.04 Å². The van der Waals surface area contributed by atoms with Crippen LogP contribution in [-0.4, -0.2) is 6.04 Å². The van der Waals surface area contributed by atoms with E-state index in [9.17, 15) is 0 Å². The van der Waals surface area contributed by atoms with Crippen LogP contribution < -0.4 is 5.32 Å². The molecule has 0 saturated heterocycles. The molecule has 0 amide bonds. The lowest BCUT2D eigenvalue weighted by molar-refractivity contribution is 0.457. The van der Waals surface area contributed by atoms with E-state index in [0.717, 1.165) is 5.56 Å². The van der Waals surface area contributed by atoms with E-state index in [1.807, 2.05) is 18.2 Å². The van der Waals surface area contributed by atoms with Gasteiger partial charge < -0.3 is 5.32 Å². The zero-order chi connectivity index (χ0) is 13.7. The van der Waals surface area contributed by atoms with Crippen molar-refractivity contribution in [3.63, 3.8) is 0 Å². The summed E-state index contributed by atoms with van der Waals surface area (Å²) in [5.74, 6) is 0. The molecule has 18 heavy (non-hydrogen) atoms. The van der Waals surface area contributed by atoms with Crippen molar-refractivity contribution in [2.45, 2.75) is 46.7 Å². The monoisotopic (exact) mass is 285 g/mol. The maximum absolute atomic E-state index is 6.26. The maximum atomic E-state index is 6.26. The Hall–Kier alpha value is -0.240. The van der Waals surface area contributed by atoms with E-state index >= 15 is 0 Å². The average Bonchev–Trinajstić information content (AvgIpc) is 2.65. The van der Waals surface area contributed by atoms with Gasteiger partial charge in [-0.05, 0) is 29.4 Å². The lowest BCUT2D eigenvalue weighted by Crippen LogP contribution is -2.26. The van der Waals surface area contributed by atoms with E-state index in [1.54, 1.807) is 0 Å². The van der Waals surface area contributed by atoms with Crippen LogP contribution in [0.15, 0.2) is 18.2 Å². The molecule has 0 aliphatic heterocycles. The van der Waals surface area contributed by atoms with Crippen molar-refractivity contribution in [2.75, 3.05) is 0 Å². The van der Waals surface area contributed by atoms with Gasteiger partial charge in [0, 0.05) is 12.1 Å². The van der Waals surface area contributed by atoms with Gasteiger partial charge in [-0.3, -0.25) is 0 Å². The molecular formula is C15H21Cl2N. The fourth-order valence-corrected chi connectivity index (χ4v) is 3.28. The predicted octanol–water partition coefficient (Wildman–Crippen LogP) is 5.08. The van der Waals surface area contributed by atoms with E-state index < -0.39 is 0 Å². The van der Waals surface area contributed by atoms with Crippen LogP contribution >= 0.6 is 23.2 Å². The highest BCUT2D eigenvalue weighted by molar-refractivity contribution is 6.42. The van der Waals surface area contributed by atoms with Gasteiger partial charge in [0.1, 0.15) is 0 Å². The van der Waals surface area contributed by atoms with Gasteiger partial charge in [-0.2, -0.15) is 0 Å². The van der Waals surface area contributed by atoms with Gasteiger partial charge in [0.15, 0.2) is 0 Å². The summed E-state index contributed by atoms with van der Waals surface area (Å²) in [6, 6.07) is 6.53. The summed E-state index contributed by atoms with van der Waals surface area (Å²) in [4.78, 5) is 0. The summed E-state index contributed by atoms with van der Waals surface area (Å²) in [6.45, 7) is 11.4. The second kappa shape index (κ2) is 4.40. The van der Waals surface area contributed by atoms with E-state index in [1.165, 1.54) is 0 Å². The van der Waals surface area contributed by atoms with Crippen LogP contribution in [0.2, 0.25) is 10.0 Å². The molecule has 3 heteroatoms. The van der Waals surface area contributed by atoms with Crippen LogP contribution in [-0.2, 0) is 0 Å². The Balaban J connectivity index is 2.15. The van der Waals surface area contributed by atoms with E-state index in [2.05, 4.69) is 39.9 Å². The van der Waals surface area contributed by atoms with Crippen LogP contribution in [0.5, 0.6) is 0 Å². The van der Waals surface area contributed by atoms with Crippen LogP contribution in [0.1, 0.15) is 46.2 Å². The minimum Gasteiger partial charge on any atom is -0.306 e. The molecule has 1 atom stereocenters. The Morgan fingerprint density at radius 1 is 1.11 bits per heavy atom. The molecule has 1 unspecified atom stereocenters. The number of hydrogen-bond acceptors (Lipinski definition) is 1. The zero-order valence-corrected chi connectivity index (χ0v) is 13.2. The van der Waals surface area contributed by atoms with Gasteiger partial charge in [-0.25, -0.2) is 0 Å². The summed E-state index contributed by atoms with van der Waals surface area (Å²) in [5, 5.41) is 4.96. The Morgan fingerprint density at radius 2 is 1.67 bits per heavy atom. The highest BCUT2D eigenvalue weighted by Crippen LogP contribution is 2.63. The SMILES string of the molecule is CC(NC1C(C)(C)C1(C)C)c1cccc(Cl)c1Cl. The maximum Gasteiger partial charge on any atom is 0.0639 e. The summed E-state index contributed by atoms with van der Waals surface area (Å²) >= 11 is 12.3. The summed E-state index contributed by atoms with van der Waals surface area (Å²) in [7, 11) is 0. The second-order valence-corrected chi connectivity index (χ2v) is 7.19. The Kier molecular flexibility index (Phi) is 3.46. The minimum atomic E-state index is 0.210. The second-order valence-electron chi connectivity index (χ2n) is 6.41. The third kappa shape index (κ3) is 2.07. The minimum absolute atomic E-state index is 0.210. The first-order valence-electron chi connectivity index (χ1n) is 6.39. The summed E-state index contributed by atoms with van der Waals surface area (Å²) < 4.78 is 0. The topological polar surface area (TPSA) is 12.0 Å². The molecular weight excluding hydrogens is 265 g/mol. The van der Waals surface area contributed by atoms with E-state index in [4.69, 9.17) is 23.2 Å². The Morgan fingerprint density at radius 3 is 2.17 bits per heavy atom. The highest BCUT2D eigenvalue weighted by atomic mass is 35.5. The molecule has 1 nitrogen and oxygen atoms in total. The van der Waals surface area contributed by atoms with Crippen molar-refractivity contribution in [1.82, 2.24) is 5.32 Å². The quantitative estimate of drug-likeness (QED) is 0.817. The van der Waals surface area contributed by atoms with Gasteiger partial charge in [-0.15, -0.1) is 0 Å². The molecule has 2 rings (SSSR count). The van der Waals surface area contributed by atoms with Gasteiger partial charge in [0.25, 0.3) is 0 Å². The van der Waals surface area contributed by atoms with E-state index in [0.29, 0.717) is 26.9 Å². The third-order valence-corrected chi connectivity index (χ3v) is 5.72. The highest BCUT2D eigenvalue weighted by Gasteiger charge is 2.64. The lowest BCUT2D eigenvalue weighted by Gasteiger charge is -2.18. The molecule has 0 spiro atoms. The Labute approximate surface area is 120 Å². The smallest absolute Gasteiger partial charge is 0.0639 e. The average molecular weight is 286 g/mol. The third-order valence-electron chi connectivity index (χ3n) is 4.89. The van der Waals surface area contributed by atoms with Crippen molar-refractivity contribution in [3.05, 3.63) is 33.8 Å². The van der Waals surface area contributed by atoms with Gasteiger partial charge in [-0.1, -0.05) is 63.0 Å². The number of rotatable bonds is 3. The normalized spacial score (nSPS) is 22.8. The standard InChI is InChI=1S/C15H21Cl2N/c1-9(10-7-6-8-11(16)12(10)17)18-13-14(2,3)15(13,4)5/h6-9,13,18H,1-5H3. The molecule has 0 aromatic heterocycles. The van der Waals surface area contributed by atoms with Crippen molar-refractivity contribution >= 4 is 23.2 Å². The zero-order valence-electron chi connectivity index (χ0n) is 11.6. The van der Waals surface area contributed by atoms with Gasteiger partial charge >= 0.3 is 0 Å². The van der Waals surface area contributed by atoms with Crippen LogP contribution in [0.3, 0.4) is 0 Å². The fourth-order valence-electron chi connectivity index (χ4n) is 2.81. The van der Waals surface area contributed by atoms with Gasteiger partial charge in [0.05, 0.1) is 10.0 Å². The molecule has 1 N–H and O–H groups in total. The van der Waals surface area contributed by atoms with Crippen molar-refractivity contribution < 1.29 is 0 Å². The van der Waals surface area contributed by atoms with Crippen molar-refractivity contribution in [3.8, 4) is 0 Å². The summed E-state index contributed by atoms with van der Waals surface area (Å²) in [5.41, 5.74) is 1.72. The number of benzene rings is 1. The first kappa shape index (κ1) is 14.2.